The fourth-order valence-electron chi connectivity index (χ4n) is 3.12. The van der Waals surface area contributed by atoms with E-state index in [2.05, 4.69) is 23.8 Å². The molecule has 114 valence electrons. The number of rotatable bonds is 4. The van der Waals surface area contributed by atoms with Crippen LogP contribution in [0.2, 0.25) is 0 Å². The van der Waals surface area contributed by atoms with Gasteiger partial charge in [0.15, 0.2) is 0 Å². The van der Waals surface area contributed by atoms with Crippen molar-refractivity contribution in [2.24, 2.45) is 0 Å². The lowest BCUT2D eigenvalue weighted by Crippen LogP contribution is -2.51. The molecule has 0 bridgehead atoms. The van der Waals surface area contributed by atoms with E-state index in [4.69, 9.17) is 4.42 Å². The Hall–Kier alpha value is -1.36. The van der Waals surface area contributed by atoms with Crippen LogP contribution in [-0.4, -0.2) is 54.2 Å². The number of piperazine rings is 1. The number of hydrogen-bond donors (Lipinski definition) is 1. The van der Waals surface area contributed by atoms with Gasteiger partial charge in [-0.1, -0.05) is 25.1 Å². The number of para-hydroxylation sites is 1. The van der Waals surface area contributed by atoms with E-state index in [1.165, 1.54) is 0 Å². The number of likely N-dealkylation sites (N-methyl/N-ethyl adjacent to an activating group) is 1. The van der Waals surface area contributed by atoms with Gasteiger partial charge in [0.05, 0.1) is 0 Å². The van der Waals surface area contributed by atoms with Gasteiger partial charge in [0.2, 0.25) is 0 Å². The maximum atomic E-state index is 10.4. The van der Waals surface area contributed by atoms with Gasteiger partial charge in [0.25, 0.3) is 0 Å². The van der Waals surface area contributed by atoms with Crippen LogP contribution in [0.1, 0.15) is 25.2 Å². The molecule has 0 spiro atoms. The molecule has 0 radical (unpaired) electrons. The van der Waals surface area contributed by atoms with E-state index in [9.17, 15) is 5.11 Å². The molecule has 1 aromatic heterocycles. The number of aliphatic hydroxyl groups excluding tert-OH is 1. The topological polar surface area (TPSA) is 39.9 Å². The molecular weight excluding hydrogens is 264 g/mol. The van der Waals surface area contributed by atoms with Gasteiger partial charge in [-0.25, -0.2) is 0 Å². The largest absolute Gasteiger partial charge is 0.458 e. The van der Waals surface area contributed by atoms with Gasteiger partial charge in [-0.15, -0.1) is 0 Å². The Kier molecular flexibility index (Phi) is 4.29. The average Bonchev–Trinajstić information content (AvgIpc) is 2.93. The highest BCUT2D eigenvalue weighted by Gasteiger charge is 2.25. The van der Waals surface area contributed by atoms with Crippen molar-refractivity contribution in [3.63, 3.8) is 0 Å². The van der Waals surface area contributed by atoms with E-state index in [-0.39, 0.29) is 0 Å². The number of aliphatic hydroxyl groups is 1. The quantitative estimate of drug-likeness (QED) is 0.938. The molecule has 0 aliphatic carbocycles. The zero-order chi connectivity index (χ0) is 14.8. The second-order valence-electron chi connectivity index (χ2n) is 6.00. The molecule has 0 amide bonds. The average molecular weight is 288 g/mol. The summed E-state index contributed by atoms with van der Waals surface area (Å²) in [5.41, 5.74) is 0.844. The summed E-state index contributed by atoms with van der Waals surface area (Å²) in [6.07, 6.45) is 0.589. The third-order valence-electron chi connectivity index (χ3n) is 4.54. The molecule has 4 heteroatoms. The Morgan fingerprint density at radius 3 is 2.90 bits per heavy atom. The van der Waals surface area contributed by atoms with Crippen LogP contribution in [-0.2, 0) is 0 Å². The van der Waals surface area contributed by atoms with Crippen molar-refractivity contribution >= 4 is 11.0 Å². The minimum absolute atomic E-state index is 0.557. The Morgan fingerprint density at radius 2 is 2.14 bits per heavy atom. The normalized spacial score (nSPS) is 22.7. The number of hydrogen-bond acceptors (Lipinski definition) is 4. The maximum Gasteiger partial charge on any atom is 0.135 e. The minimum Gasteiger partial charge on any atom is -0.458 e. The Morgan fingerprint density at radius 1 is 1.33 bits per heavy atom. The van der Waals surface area contributed by atoms with Crippen molar-refractivity contribution in [2.75, 3.05) is 33.2 Å². The summed E-state index contributed by atoms with van der Waals surface area (Å²) in [5.74, 6) is 0.670. The third-order valence-corrected chi connectivity index (χ3v) is 4.54. The molecule has 1 aliphatic heterocycles. The van der Waals surface area contributed by atoms with Crippen molar-refractivity contribution in [1.29, 1.82) is 0 Å². The van der Waals surface area contributed by atoms with Gasteiger partial charge in [-0.3, -0.25) is 4.90 Å². The standard InChI is InChI=1S/C17H24N2O2/c1-3-14-11-19(9-8-18(14)2)12-15(20)17-10-13-6-4-5-7-16(13)21-17/h4-7,10,14-15,20H,3,8-9,11-12H2,1-2H3. The summed E-state index contributed by atoms with van der Waals surface area (Å²) in [7, 11) is 2.18. The predicted octanol–water partition coefficient (Wildman–Crippen LogP) is 2.49. The summed E-state index contributed by atoms with van der Waals surface area (Å²) in [6, 6.07) is 10.4. The van der Waals surface area contributed by atoms with Gasteiger partial charge in [-0.2, -0.15) is 0 Å². The Balaban J connectivity index is 1.67. The first-order valence-corrected chi connectivity index (χ1v) is 7.76. The maximum absolute atomic E-state index is 10.4. The third kappa shape index (κ3) is 3.12. The fourth-order valence-corrected chi connectivity index (χ4v) is 3.12. The van der Waals surface area contributed by atoms with E-state index in [1.54, 1.807) is 0 Å². The van der Waals surface area contributed by atoms with E-state index in [0.29, 0.717) is 18.3 Å². The molecule has 0 saturated carbocycles. The highest BCUT2D eigenvalue weighted by atomic mass is 16.4. The van der Waals surface area contributed by atoms with Crippen LogP contribution in [0, 0.1) is 0 Å². The number of nitrogens with zero attached hydrogens (tertiary/aromatic N) is 2. The zero-order valence-electron chi connectivity index (χ0n) is 12.8. The molecule has 1 saturated heterocycles. The van der Waals surface area contributed by atoms with E-state index < -0.39 is 6.10 Å². The van der Waals surface area contributed by atoms with Crippen molar-refractivity contribution in [2.45, 2.75) is 25.5 Å². The smallest absolute Gasteiger partial charge is 0.135 e. The highest BCUT2D eigenvalue weighted by molar-refractivity contribution is 5.77. The van der Waals surface area contributed by atoms with Crippen LogP contribution >= 0.6 is 0 Å². The lowest BCUT2D eigenvalue weighted by atomic mass is 10.1. The first kappa shape index (κ1) is 14.6. The van der Waals surface area contributed by atoms with Crippen LogP contribution in [0.4, 0.5) is 0 Å². The van der Waals surface area contributed by atoms with Gasteiger partial charge in [0.1, 0.15) is 17.4 Å². The van der Waals surface area contributed by atoms with Crippen LogP contribution in [0.15, 0.2) is 34.7 Å². The molecule has 1 aromatic carbocycles. The summed E-state index contributed by atoms with van der Waals surface area (Å²) in [4.78, 5) is 4.75. The first-order valence-electron chi connectivity index (χ1n) is 7.76. The summed E-state index contributed by atoms with van der Waals surface area (Å²) >= 11 is 0. The molecule has 2 aromatic rings. The molecular formula is C17H24N2O2. The second-order valence-corrected chi connectivity index (χ2v) is 6.00. The van der Waals surface area contributed by atoms with Crippen molar-refractivity contribution in [3.8, 4) is 0 Å². The number of fused-ring (bicyclic) bond motifs is 1. The highest BCUT2D eigenvalue weighted by Crippen LogP contribution is 2.25. The number of benzene rings is 1. The molecule has 21 heavy (non-hydrogen) atoms. The van der Waals surface area contributed by atoms with Gasteiger partial charge in [-0.05, 0) is 25.6 Å². The molecule has 2 heterocycles. The van der Waals surface area contributed by atoms with Crippen LogP contribution in [0.25, 0.3) is 11.0 Å². The minimum atomic E-state index is -0.557. The molecule has 4 nitrogen and oxygen atoms in total. The molecule has 2 atom stereocenters. The zero-order valence-corrected chi connectivity index (χ0v) is 12.8. The van der Waals surface area contributed by atoms with E-state index in [1.807, 2.05) is 30.3 Å². The number of furan rings is 1. The number of β-amino-alcohol motifs (C(OH)–C–C–N with tert-alkyl or cyclic N) is 1. The molecule has 1 N–H and O–H groups in total. The monoisotopic (exact) mass is 288 g/mol. The summed E-state index contributed by atoms with van der Waals surface area (Å²) < 4.78 is 5.76. The first-order chi connectivity index (χ1) is 10.2. The van der Waals surface area contributed by atoms with Crippen molar-refractivity contribution in [1.82, 2.24) is 9.80 Å². The SMILES string of the molecule is CCC1CN(CC(O)c2cc3ccccc3o2)CCN1C. The van der Waals surface area contributed by atoms with Crippen LogP contribution in [0.5, 0.6) is 0 Å². The lowest BCUT2D eigenvalue weighted by molar-refractivity contribution is 0.0430. The van der Waals surface area contributed by atoms with Crippen molar-refractivity contribution in [3.05, 3.63) is 36.1 Å². The fraction of sp³-hybridized carbons (Fsp3) is 0.529. The van der Waals surface area contributed by atoms with E-state index in [0.717, 1.165) is 37.0 Å². The molecule has 2 unspecified atom stereocenters. The predicted molar refractivity (Wildman–Crippen MR) is 84.3 cm³/mol. The Bertz CT molecular complexity index is 562. The Labute approximate surface area is 125 Å². The van der Waals surface area contributed by atoms with E-state index >= 15 is 0 Å². The molecule has 1 aliphatic rings. The summed E-state index contributed by atoms with van der Waals surface area (Å²) in [5, 5.41) is 11.5. The van der Waals surface area contributed by atoms with Gasteiger partial charge >= 0.3 is 0 Å². The van der Waals surface area contributed by atoms with Crippen LogP contribution in [0.3, 0.4) is 0 Å². The van der Waals surface area contributed by atoms with Gasteiger partial charge < -0.3 is 14.4 Å². The van der Waals surface area contributed by atoms with Gasteiger partial charge in [0, 0.05) is 37.6 Å². The lowest BCUT2D eigenvalue weighted by Gasteiger charge is -2.39. The summed E-state index contributed by atoms with van der Waals surface area (Å²) in [6.45, 7) is 5.95. The molecule has 1 fully saturated rings. The molecule has 3 rings (SSSR count). The second kappa shape index (κ2) is 6.18. The van der Waals surface area contributed by atoms with Crippen LogP contribution < -0.4 is 0 Å². The van der Waals surface area contributed by atoms with Crippen molar-refractivity contribution < 1.29 is 9.52 Å².